The molecule has 0 amide bonds. The van der Waals surface area contributed by atoms with Crippen LogP contribution in [0.25, 0.3) is 0 Å². The Morgan fingerprint density at radius 1 is 1.12 bits per heavy atom. The van der Waals surface area contributed by atoms with Gasteiger partial charge in [0.15, 0.2) is 0 Å². The number of nitrogens with two attached hydrogens (primary N) is 1. The summed E-state index contributed by atoms with van der Waals surface area (Å²) in [6.45, 7) is 3.03. The number of anilines is 2. The number of nitrogens with one attached hydrogen (secondary N) is 1. The third-order valence-electron chi connectivity index (χ3n) is 3.79. The number of thiazole rings is 1. The molecule has 136 valence electrons. The van der Waals surface area contributed by atoms with Gasteiger partial charge in [-0.05, 0) is 36.2 Å². The number of nitrogen functional groups attached to an aromatic ring is 1. The van der Waals surface area contributed by atoms with E-state index in [1.807, 2.05) is 24.3 Å². The summed E-state index contributed by atoms with van der Waals surface area (Å²) >= 11 is 1.42. The molecule has 0 aliphatic carbocycles. The second-order valence-electron chi connectivity index (χ2n) is 5.99. The summed E-state index contributed by atoms with van der Waals surface area (Å²) in [7, 11) is 0. The van der Waals surface area contributed by atoms with Crippen LogP contribution < -0.4 is 15.9 Å². The lowest BCUT2D eigenvalue weighted by Crippen LogP contribution is -1.97. The van der Waals surface area contributed by atoms with Crippen molar-refractivity contribution in [1.82, 2.24) is 4.98 Å². The van der Waals surface area contributed by atoms with Crippen molar-refractivity contribution in [2.75, 3.05) is 17.8 Å². The number of hydrazone groups is 1. The Kier molecular flexibility index (Phi) is 8.83. The van der Waals surface area contributed by atoms with E-state index in [0.29, 0.717) is 10.9 Å². The van der Waals surface area contributed by atoms with Crippen molar-refractivity contribution in [2.24, 2.45) is 5.10 Å². The maximum absolute atomic E-state index is 5.78. The summed E-state index contributed by atoms with van der Waals surface area (Å²) in [6, 6.07) is 7.93. The molecule has 0 aliphatic rings. The van der Waals surface area contributed by atoms with Crippen LogP contribution in [-0.4, -0.2) is 17.8 Å². The van der Waals surface area contributed by atoms with Gasteiger partial charge in [-0.2, -0.15) is 5.10 Å². The Hall–Kier alpha value is -2.08. The van der Waals surface area contributed by atoms with Crippen molar-refractivity contribution in [3.63, 3.8) is 0 Å². The molecule has 0 spiro atoms. The fourth-order valence-electron chi connectivity index (χ4n) is 2.40. The van der Waals surface area contributed by atoms with E-state index in [2.05, 4.69) is 22.4 Å². The predicted molar refractivity (Wildman–Crippen MR) is 108 cm³/mol. The first kappa shape index (κ1) is 19.2. The molecular weight excluding hydrogens is 332 g/mol. The largest absolute Gasteiger partial charge is 0.494 e. The van der Waals surface area contributed by atoms with Crippen LogP contribution in [-0.2, 0) is 0 Å². The summed E-state index contributed by atoms with van der Waals surface area (Å²) in [5, 5.41) is 6.61. The second-order valence-corrected chi connectivity index (χ2v) is 6.84. The first-order chi connectivity index (χ1) is 12.3. The number of aromatic nitrogens is 1. The highest BCUT2D eigenvalue weighted by molar-refractivity contribution is 7.14. The minimum atomic E-state index is 0.505. The number of ether oxygens (including phenoxy) is 1. The topological polar surface area (TPSA) is 72.5 Å². The Morgan fingerprint density at radius 3 is 2.52 bits per heavy atom. The van der Waals surface area contributed by atoms with Crippen LogP contribution in [0.3, 0.4) is 0 Å². The Morgan fingerprint density at radius 2 is 1.84 bits per heavy atom. The highest BCUT2D eigenvalue weighted by atomic mass is 32.1. The summed E-state index contributed by atoms with van der Waals surface area (Å²) in [6.07, 6.45) is 10.8. The predicted octanol–water partition coefficient (Wildman–Crippen LogP) is 5.30. The summed E-state index contributed by atoms with van der Waals surface area (Å²) in [5.41, 5.74) is 9.42. The fraction of sp³-hybridized carbons (Fsp3) is 0.474. The molecule has 0 saturated heterocycles. The highest BCUT2D eigenvalue weighted by Crippen LogP contribution is 2.16. The smallest absolute Gasteiger partial charge is 0.205 e. The highest BCUT2D eigenvalue weighted by Gasteiger charge is 1.97. The summed E-state index contributed by atoms with van der Waals surface area (Å²) in [4.78, 5) is 4.08. The number of unbranched alkanes of at least 4 members (excludes halogenated alkanes) is 6. The van der Waals surface area contributed by atoms with Gasteiger partial charge in [-0.25, -0.2) is 4.98 Å². The number of hydrogen-bond acceptors (Lipinski definition) is 6. The normalized spacial score (nSPS) is 11.1. The third-order valence-corrected chi connectivity index (χ3v) is 4.56. The minimum Gasteiger partial charge on any atom is -0.494 e. The van der Waals surface area contributed by atoms with E-state index in [-0.39, 0.29) is 0 Å². The maximum Gasteiger partial charge on any atom is 0.205 e. The van der Waals surface area contributed by atoms with Gasteiger partial charge < -0.3 is 10.5 Å². The molecule has 3 N–H and O–H groups in total. The van der Waals surface area contributed by atoms with Crippen LogP contribution in [0.15, 0.2) is 34.7 Å². The van der Waals surface area contributed by atoms with Gasteiger partial charge in [0.25, 0.3) is 0 Å². The monoisotopic (exact) mass is 360 g/mol. The molecule has 0 unspecified atom stereocenters. The molecule has 0 bridgehead atoms. The van der Waals surface area contributed by atoms with E-state index in [0.717, 1.165) is 24.3 Å². The molecule has 0 radical (unpaired) electrons. The lowest BCUT2D eigenvalue weighted by atomic mass is 10.1. The van der Waals surface area contributed by atoms with Gasteiger partial charge >= 0.3 is 0 Å². The number of hydrogen-bond donors (Lipinski definition) is 2. The van der Waals surface area contributed by atoms with Crippen molar-refractivity contribution < 1.29 is 4.74 Å². The van der Waals surface area contributed by atoms with Crippen molar-refractivity contribution in [2.45, 2.75) is 51.9 Å². The van der Waals surface area contributed by atoms with Crippen LogP contribution in [0.4, 0.5) is 10.9 Å². The van der Waals surface area contributed by atoms with Gasteiger partial charge in [-0.1, -0.05) is 45.4 Å². The molecule has 0 atom stereocenters. The lowest BCUT2D eigenvalue weighted by Gasteiger charge is -2.06. The summed E-state index contributed by atoms with van der Waals surface area (Å²) < 4.78 is 5.78. The molecule has 1 aromatic carbocycles. The molecule has 0 saturated carbocycles. The molecule has 2 rings (SSSR count). The Bertz CT molecular complexity index is 625. The van der Waals surface area contributed by atoms with Crippen molar-refractivity contribution >= 4 is 28.5 Å². The first-order valence-corrected chi connectivity index (χ1v) is 9.89. The molecule has 1 heterocycles. The molecular formula is C19H28N4OS. The van der Waals surface area contributed by atoms with E-state index in [4.69, 9.17) is 10.5 Å². The van der Waals surface area contributed by atoms with Gasteiger partial charge in [0, 0.05) is 5.38 Å². The quantitative estimate of drug-likeness (QED) is 0.306. The van der Waals surface area contributed by atoms with Crippen LogP contribution in [0.2, 0.25) is 0 Å². The van der Waals surface area contributed by atoms with Crippen molar-refractivity contribution in [3.05, 3.63) is 35.2 Å². The van der Waals surface area contributed by atoms with E-state index >= 15 is 0 Å². The molecule has 2 aromatic rings. The molecule has 0 aliphatic heterocycles. The molecule has 25 heavy (non-hydrogen) atoms. The van der Waals surface area contributed by atoms with Crippen LogP contribution in [0.1, 0.15) is 57.4 Å². The SMILES string of the molecule is CCCCCCCCCOc1ccc(C=NNc2nc(N)cs2)cc1. The molecule has 0 fully saturated rings. The standard InChI is InChI=1S/C19H28N4OS/c1-2-3-4-5-6-7-8-13-24-17-11-9-16(10-12-17)14-21-23-19-22-18(20)15-25-19/h9-12,14-15H,2-8,13,20H2,1H3,(H,22,23). The average molecular weight is 361 g/mol. The maximum atomic E-state index is 5.78. The van der Waals surface area contributed by atoms with E-state index in [1.54, 1.807) is 11.6 Å². The number of rotatable bonds is 12. The van der Waals surface area contributed by atoms with Gasteiger partial charge in [0.05, 0.1) is 12.8 Å². The van der Waals surface area contributed by atoms with Gasteiger partial charge in [-0.3, -0.25) is 5.43 Å². The number of nitrogens with zero attached hydrogens (tertiary/aromatic N) is 2. The zero-order valence-electron chi connectivity index (χ0n) is 14.9. The zero-order chi connectivity index (χ0) is 17.7. The first-order valence-electron chi connectivity index (χ1n) is 9.01. The zero-order valence-corrected chi connectivity index (χ0v) is 15.7. The second kappa shape index (κ2) is 11.5. The fourth-order valence-corrected chi connectivity index (χ4v) is 2.95. The van der Waals surface area contributed by atoms with Crippen LogP contribution in [0.5, 0.6) is 5.75 Å². The van der Waals surface area contributed by atoms with E-state index < -0.39 is 0 Å². The van der Waals surface area contributed by atoms with Crippen LogP contribution in [0, 0.1) is 0 Å². The molecule has 6 heteroatoms. The lowest BCUT2D eigenvalue weighted by molar-refractivity contribution is 0.304. The van der Waals surface area contributed by atoms with E-state index in [9.17, 15) is 0 Å². The van der Waals surface area contributed by atoms with Gasteiger partial charge in [0.1, 0.15) is 11.6 Å². The van der Waals surface area contributed by atoms with Crippen molar-refractivity contribution in [1.29, 1.82) is 0 Å². The summed E-state index contributed by atoms with van der Waals surface area (Å²) in [5.74, 6) is 1.41. The molecule has 5 nitrogen and oxygen atoms in total. The Balaban J connectivity index is 1.61. The third kappa shape index (κ3) is 8.03. The Labute approximate surface area is 154 Å². The minimum absolute atomic E-state index is 0.505. The van der Waals surface area contributed by atoms with Crippen molar-refractivity contribution in [3.8, 4) is 5.75 Å². The van der Waals surface area contributed by atoms with Gasteiger partial charge in [0.2, 0.25) is 5.13 Å². The van der Waals surface area contributed by atoms with E-state index in [1.165, 1.54) is 49.9 Å². The molecule has 1 aromatic heterocycles. The number of benzene rings is 1. The van der Waals surface area contributed by atoms with Gasteiger partial charge in [-0.15, -0.1) is 11.3 Å². The van der Waals surface area contributed by atoms with Crippen LogP contribution >= 0.6 is 11.3 Å². The average Bonchev–Trinajstić information content (AvgIpc) is 3.04.